The van der Waals surface area contributed by atoms with Gasteiger partial charge in [-0.1, -0.05) is 27.5 Å². The second-order valence-electron chi connectivity index (χ2n) is 3.98. The molecule has 3 rings (SSSR count). The lowest BCUT2D eigenvalue weighted by atomic mass is 10.3. The van der Waals surface area contributed by atoms with E-state index in [1.165, 1.54) is 23.0 Å². The van der Waals surface area contributed by atoms with Crippen LogP contribution in [0, 0.1) is 12.7 Å². The maximum Gasteiger partial charge on any atom is 0.256 e. The number of ether oxygens (including phenoxy) is 1. The molecule has 0 radical (unpaired) electrons. The number of rotatable bonds is 2. The van der Waals surface area contributed by atoms with Crippen molar-refractivity contribution in [3.63, 3.8) is 0 Å². The molecular weight excluding hydrogens is 351 g/mol. The van der Waals surface area contributed by atoms with E-state index in [-0.39, 0.29) is 22.6 Å². The highest BCUT2D eigenvalue weighted by Gasteiger charge is 2.16. The van der Waals surface area contributed by atoms with E-state index in [2.05, 4.69) is 31.0 Å². The van der Waals surface area contributed by atoms with Crippen LogP contribution in [0.25, 0.3) is 5.78 Å². The van der Waals surface area contributed by atoms with Gasteiger partial charge in [0.1, 0.15) is 11.5 Å². The van der Waals surface area contributed by atoms with E-state index in [9.17, 15) is 4.39 Å². The normalized spacial score (nSPS) is 11.0. The van der Waals surface area contributed by atoms with Crippen LogP contribution in [-0.4, -0.2) is 19.6 Å². The standard InChI is InChI=1S/C12H7BrClFN4O/c1-6-10(14)18-12-16-5-17-19(12)11(6)20-9-4-7(13)2-3-8(9)15/h2-5H,1H3. The molecule has 0 aliphatic heterocycles. The Balaban J connectivity index is 2.17. The quantitative estimate of drug-likeness (QED) is 0.655. The maximum atomic E-state index is 13.8. The zero-order valence-corrected chi connectivity index (χ0v) is 12.5. The second-order valence-corrected chi connectivity index (χ2v) is 5.26. The van der Waals surface area contributed by atoms with Gasteiger partial charge in [-0.05, 0) is 25.1 Å². The number of hydrogen-bond donors (Lipinski definition) is 0. The first kappa shape index (κ1) is 13.3. The van der Waals surface area contributed by atoms with Gasteiger partial charge in [-0.15, -0.1) is 0 Å². The van der Waals surface area contributed by atoms with Crippen LogP contribution in [0.2, 0.25) is 5.15 Å². The third kappa shape index (κ3) is 2.23. The van der Waals surface area contributed by atoms with Crippen LogP contribution in [0.3, 0.4) is 0 Å². The van der Waals surface area contributed by atoms with Crippen LogP contribution in [-0.2, 0) is 0 Å². The molecule has 0 aliphatic rings. The molecule has 0 aliphatic carbocycles. The lowest BCUT2D eigenvalue weighted by Crippen LogP contribution is -2.02. The molecule has 3 aromatic rings. The second kappa shape index (κ2) is 4.99. The highest BCUT2D eigenvalue weighted by molar-refractivity contribution is 9.10. The van der Waals surface area contributed by atoms with Gasteiger partial charge in [0.15, 0.2) is 11.6 Å². The summed E-state index contributed by atoms with van der Waals surface area (Å²) in [4.78, 5) is 7.99. The largest absolute Gasteiger partial charge is 0.435 e. The Morgan fingerprint density at radius 1 is 1.40 bits per heavy atom. The van der Waals surface area contributed by atoms with Crippen molar-refractivity contribution in [3.8, 4) is 11.6 Å². The monoisotopic (exact) mass is 356 g/mol. The number of aromatic nitrogens is 4. The molecule has 2 heterocycles. The van der Waals surface area contributed by atoms with Gasteiger partial charge < -0.3 is 4.74 Å². The van der Waals surface area contributed by atoms with E-state index in [4.69, 9.17) is 16.3 Å². The van der Waals surface area contributed by atoms with Crippen molar-refractivity contribution >= 4 is 33.3 Å². The van der Waals surface area contributed by atoms with Crippen molar-refractivity contribution in [1.82, 2.24) is 19.6 Å². The Morgan fingerprint density at radius 2 is 2.20 bits per heavy atom. The average molecular weight is 358 g/mol. The summed E-state index contributed by atoms with van der Waals surface area (Å²) in [7, 11) is 0. The zero-order valence-electron chi connectivity index (χ0n) is 10.1. The molecule has 0 saturated heterocycles. The summed E-state index contributed by atoms with van der Waals surface area (Å²) >= 11 is 9.28. The molecule has 1 aromatic carbocycles. The van der Waals surface area contributed by atoms with Gasteiger partial charge in [-0.25, -0.2) is 4.39 Å². The van der Waals surface area contributed by atoms with Crippen LogP contribution in [0.5, 0.6) is 11.6 Å². The maximum absolute atomic E-state index is 13.8. The van der Waals surface area contributed by atoms with Gasteiger partial charge in [-0.2, -0.15) is 19.6 Å². The molecule has 0 amide bonds. The van der Waals surface area contributed by atoms with Gasteiger partial charge in [0.05, 0.1) is 0 Å². The summed E-state index contributed by atoms with van der Waals surface area (Å²) in [5, 5.41) is 4.23. The van der Waals surface area contributed by atoms with Crippen molar-refractivity contribution in [3.05, 3.63) is 45.5 Å². The first-order valence-electron chi connectivity index (χ1n) is 5.55. The van der Waals surface area contributed by atoms with Gasteiger partial charge >= 0.3 is 0 Å². The van der Waals surface area contributed by atoms with E-state index < -0.39 is 5.82 Å². The topological polar surface area (TPSA) is 52.3 Å². The molecule has 0 atom stereocenters. The Kier molecular flexibility index (Phi) is 3.31. The van der Waals surface area contributed by atoms with E-state index >= 15 is 0 Å². The highest BCUT2D eigenvalue weighted by atomic mass is 79.9. The van der Waals surface area contributed by atoms with Crippen LogP contribution in [0.4, 0.5) is 4.39 Å². The Bertz CT molecular complexity index is 807. The minimum atomic E-state index is -0.492. The summed E-state index contributed by atoms with van der Waals surface area (Å²) in [5.41, 5.74) is 0.545. The molecule has 5 nitrogen and oxygen atoms in total. The summed E-state index contributed by atoms with van der Waals surface area (Å²) in [6.45, 7) is 1.71. The van der Waals surface area contributed by atoms with Crippen molar-refractivity contribution < 1.29 is 9.13 Å². The number of hydrogen-bond acceptors (Lipinski definition) is 4. The van der Waals surface area contributed by atoms with Gasteiger partial charge in [0.2, 0.25) is 5.88 Å². The minimum Gasteiger partial charge on any atom is -0.435 e. The molecular formula is C12H7BrClFN4O. The average Bonchev–Trinajstić information content (AvgIpc) is 2.86. The predicted octanol–water partition coefficient (Wildman–Crippen LogP) is 3.78. The third-order valence-electron chi connectivity index (χ3n) is 2.65. The predicted molar refractivity (Wildman–Crippen MR) is 74.7 cm³/mol. The first-order valence-corrected chi connectivity index (χ1v) is 6.72. The molecule has 102 valence electrons. The SMILES string of the molecule is Cc1c(Cl)nc2ncnn2c1Oc1cc(Br)ccc1F. The number of benzene rings is 1. The molecule has 8 heteroatoms. The van der Waals surface area contributed by atoms with E-state index in [0.29, 0.717) is 10.0 Å². The molecule has 0 bridgehead atoms. The van der Waals surface area contributed by atoms with E-state index in [1.54, 1.807) is 13.0 Å². The molecule has 20 heavy (non-hydrogen) atoms. The molecule has 0 saturated carbocycles. The summed E-state index contributed by atoms with van der Waals surface area (Å²) in [5.74, 6) is 0.121. The van der Waals surface area contributed by atoms with E-state index in [1.807, 2.05) is 0 Å². The van der Waals surface area contributed by atoms with Crippen molar-refractivity contribution in [2.75, 3.05) is 0 Å². The third-order valence-corrected chi connectivity index (χ3v) is 3.51. The summed E-state index contributed by atoms with van der Waals surface area (Å²) in [6, 6.07) is 4.40. The number of fused-ring (bicyclic) bond motifs is 1. The van der Waals surface area contributed by atoms with Gasteiger partial charge in [0.25, 0.3) is 5.78 Å². The zero-order chi connectivity index (χ0) is 14.3. The van der Waals surface area contributed by atoms with Gasteiger partial charge in [0, 0.05) is 10.0 Å². The molecule has 0 fully saturated rings. The van der Waals surface area contributed by atoms with Crippen molar-refractivity contribution in [1.29, 1.82) is 0 Å². The van der Waals surface area contributed by atoms with Crippen molar-refractivity contribution in [2.24, 2.45) is 0 Å². The number of nitrogens with zero attached hydrogens (tertiary/aromatic N) is 4. The van der Waals surface area contributed by atoms with Crippen molar-refractivity contribution in [2.45, 2.75) is 6.92 Å². The van der Waals surface area contributed by atoms with Crippen LogP contribution < -0.4 is 4.74 Å². The lowest BCUT2D eigenvalue weighted by Gasteiger charge is -2.11. The number of halogens is 3. The van der Waals surface area contributed by atoms with Crippen LogP contribution >= 0.6 is 27.5 Å². The Morgan fingerprint density at radius 3 is 3.00 bits per heavy atom. The fourth-order valence-corrected chi connectivity index (χ4v) is 2.15. The molecule has 2 aromatic heterocycles. The molecule has 0 N–H and O–H groups in total. The van der Waals surface area contributed by atoms with E-state index in [0.717, 1.165) is 0 Å². The van der Waals surface area contributed by atoms with Crippen LogP contribution in [0.15, 0.2) is 29.0 Å². The smallest absolute Gasteiger partial charge is 0.256 e. The summed E-state index contributed by atoms with van der Waals surface area (Å²) < 4.78 is 21.4. The Hall–Kier alpha value is -1.73. The first-order chi connectivity index (χ1) is 9.56. The highest BCUT2D eigenvalue weighted by Crippen LogP contribution is 2.31. The summed E-state index contributed by atoms with van der Waals surface area (Å²) in [6.07, 6.45) is 1.32. The minimum absolute atomic E-state index is 0.0570. The van der Waals surface area contributed by atoms with Crippen LogP contribution in [0.1, 0.15) is 5.56 Å². The van der Waals surface area contributed by atoms with Gasteiger partial charge in [-0.3, -0.25) is 0 Å². The molecule has 0 unspecified atom stereocenters. The Labute approximate surface area is 126 Å². The fourth-order valence-electron chi connectivity index (χ4n) is 1.65. The molecule has 0 spiro atoms. The lowest BCUT2D eigenvalue weighted by molar-refractivity contribution is 0.411. The fraction of sp³-hybridized carbons (Fsp3) is 0.0833.